The summed E-state index contributed by atoms with van der Waals surface area (Å²) in [6.45, 7) is 6.23. The minimum atomic E-state index is -3.53. The van der Waals surface area contributed by atoms with Crippen LogP contribution < -0.4 is 0 Å². The van der Waals surface area contributed by atoms with Crippen LogP contribution >= 0.6 is 0 Å². The second kappa shape index (κ2) is 4.15. The fraction of sp³-hybridized carbons (Fsp3) is 0.467. The number of rotatable bonds is 2. The molecule has 0 saturated carbocycles. The molecule has 1 aliphatic carbocycles. The van der Waals surface area contributed by atoms with E-state index in [4.69, 9.17) is 0 Å². The number of halogens is 1. The molecule has 3 nitrogen and oxygen atoms in total. The number of benzene rings is 1. The van der Waals surface area contributed by atoms with Gasteiger partial charge in [0.2, 0.25) is 10.0 Å². The predicted molar refractivity (Wildman–Crippen MR) is 75.3 cm³/mol. The number of hydrogen-bond acceptors (Lipinski definition) is 2. The number of sulfonamides is 1. The quantitative estimate of drug-likeness (QED) is 0.841. The smallest absolute Gasteiger partial charge is 0.211 e. The summed E-state index contributed by atoms with van der Waals surface area (Å²) in [6, 6.07) is 6.79. The van der Waals surface area contributed by atoms with Gasteiger partial charge in [-0.25, -0.2) is 12.8 Å². The molecule has 5 heteroatoms. The first-order valence-corrected chi connectivity index (χ1v) is 8.14. The largest absolute Gasteiger partial charge is 0.243 e. The highest BCUT2D eigenvalue weighted by atomic mass is 32.2. The highest BCUT2D eigenvalue weighted by Crippen LogP contribution is 2.56. The van der Waals surface area contributed by atoms with Crippen LogP contribution in [0.1, 0.15) is 19.4 Å². The van der Waals surface area contributed by atoms with E-state index in [0.29, 0.717) is 12.1 Å². The van der Waals surface area contributed by atoms with Crippen molar-refractivity contribution in [1.29, 1.82) is 0 Å². The van der Waals surface area contributed by atoms with Crippen molar-refractivity contribution in [3.8, 4) is 0 Å². The molecule has 108 valence electrons. The normalized spacial score (nSPS) is 30.3. The molecule has 2 unspecified atom stereocenters. The van der Waals surface area contributed by atoms with E-state index in [-0.39, 0.29) is 28.6 Å². The van der Waals surface area contributed by atoms with Gasteiger partial charge in [-0.3, -0.25) is 0 Å². The minimum absolute atomic E-state index is 0.130. The molecule has 2 aliphatic rings. The number of fused-ring (bicyclic) bond motifs is 1. The fourth-order valence-corrected chi connectivity index (χ4v) is 4.75. The molecule has 0 bridgehead atoms. The van der Waals surface area contributed by atoms with Crippen LogP contribution in [-0.4, -0.2) is 25.8 Å². The maximum Gasteiger partial charge on any atom is 0.243 e. The zero-order valence-corrected chi connectivity index (χ0v) is 12.7. The van der Waals surface area contributed by atoms with E-state index >= 15 is 0 Å². The Kier molecular flexibility index (Phi) is 2.86. The van der Waals surface area contributed by atoms with Crippen molar-refractivity contribution >= 4 is 10.0 Å². The first-order chi connectivity index (χ1) is 9.26. The lowest BCUT2D eigenvalue weighted by Crippen LogP contribution is -2.38. The van der Waals surface area contributed by atoms with E-state index in [0.717, 1.165) is 5.56 Å². The van der Waals surface area contributed by atoms with Gasteiger partial charge in [0.15, 0.2) is 0 Å². The fourth-order valence-electron chi connectivity index (χ4n) is 3.18. The summed E-state index contributed by atoms with van der Waals surface area (Å²) >= 11 is 0. The number of nitrogens with zero attached hydrogens (tertiary/aromatic N) is 1. The van der Waals surface area contributed by atoms with Gasteiger partial charge in [0, 0.05) is 24.4 Å². The molecule has 0 N–H and O–H groups in total. The Hall–Kier alpha value is -1.20. The van der Waals surface area contributed by atoms with Crippen LogP contribution in [0.2, 0.25) is 0 Å². The van der Waals surface area contributed by atoms with Crippen LogP contribution in [0, 0.1) is 18.3 Å². The molecule has 0 amide bonds. The Balaban J connectivity index is 1.91. The van der Waals surface area contributed by atoms with Gasteiger partial charge in [0.05, 0.1) is 4.90 Å². The Morgan fingerprint density at radius 3 is 2.40 bits per heavy atom. The topological polar surface area (TPSA) is 37.4 Å². The van der Waals surface area contributed by atoms with Crippen LogP contribution in [0.5, 0.6) is 0 Å². The molecule has 0 aromatic heterocycles. The summed E-state index contributed by atoms with van der Waals surface area (Å²) in [4.78, 5) is 0.283. The summed E-state index contributed by atoms with van der Waals surface area (Å²) in [7, 11) is -3.53. The highest BCUT2D eigenvalue weighted by molar-refractivity contribution is 7.89. The summed E-state index contributed by atoms with van der Waals surface area (Å²) in [5, 5.41) is 0. The van der Waals surface area contributed by atoms with E-state index < -0.39 is 10.0 Å². The molecule has 3 rings (SSSR count). The van der Waals surface area contributed by atoms with E-state index in [2.05, 4.69) is 0 Å². The molecule has 0 spiro atoms. The van der Waals surface area contributed by atoms with Gasteiger partial charge in [0.1, 0.15) is 5.83 Å². The number of hydrogen-bond donors (Lipinski definition) is 0. The Morgan fingerprint density at radius 2 is 1.85 bits per heavy atom. The van der Waals surface area contributed by atoms with Crippen molar-refractivity contribution in [2.45, 2.75) is 25.7 Å². The highest BCUT2D eigenvalue weighted by Gasteiger charge is 2.57. The maximum absolute atomic E-state index is 13.8. The van der Waals surface area contributed by atoms with Crippen molar-refractivity contribution in [1.82, 2.24) is 4.31 Å². The van der Waals surface area contributed by atoms with Crippen LogP contribution in [0.25, 0.3) is 0 Å². The van der Waals surface area contributed by atoms with Gasteiger partial charge in [-0.15, -0.1) is 0 Å². The standard InChI is InChI=1S/C15H18FNO2S/c1-10-4-6-12(7-5-10)20(18,19)17-8-13-14(16)11(2)15(13,3)9-17/h4-7,13H,8-9H2,1-3H3. The van der Waals surface area contributed by atoms with Gasteiger partial charge in [-0.2, -0.15) is 4.31 Å². The zero-order chi connectivity index (χ0) is 14.7. The molecule has 1 aliphatic heterocycles. The van der Waals surface area contributed by atoms with E-state index in [9.17, 15) is 12.8 Å². The molecule has 20 heavy (non-hydrogen) atoms. The van der Waals surface area contributed by atoms with Gasteiger partial charge in [-0.1, -0.05) is 24.6 Å². The van der Waals surface area contributed by atoms with Crippen LogP contribution in [-0.2, 0) is 10.0 Å². The van der Waals surface area contributed by atoms with Crippen LogP contribution in [0.15, 0.2) is 40.6 Å². The molecule has 2 atom stereocenters. The zero-order valence-electron chi connectivity index (χ0n) is 11.9. The van der Waals surface area contributed by atoms with Crippen molar-refractivity contribution in [3.05, 3.63) is 41.2 Å². The second-order valence-electron chi connectivity index (χ2n) is 6.05. The molecule has 1 fully saturated rings. The van der Waals surface area contributed by atoms with Gasteiger partial charge in [0.25, 0.3) is 0 Å². The third kappa shape index (κ3) is 1.69. The second-order valence-corrected chi connectivity index (χ2v) is 7.99. The summed E-state index contributed by atoms with van der Waals surface area (Å²) < 4.78 is 40.4. The van der Waals surface area contributed by atoms with Crippen molar-refractivity contribution in [2.75, 3.05) is 13.1 Å². The molecule has 1 aromatic rings. The lowest BCUT2D eigenvalue weighted by atomic mass is 9.64. The lowest BCUT2D eigenvalue weighted by molar-refractivity contribution is 0.232. The summed E-state index contributed by atoms with van der Waals surface area (Å²) in [5.74, 6) is -0.406. The molecular formula is C15H18FNO2S. The first-order valence-electron chi connectivity index (χ1n) is 6.70. The van der Waals surface area contributed by atoms with Crippen molar-refractivity contribution < 1.29 is 12.8 Å². The monoisotopic (exact) mass is 295 g/mol. The third-order valence-electron chi connectivity index (χ3n) is 4.84. The van der Waals surface area contributed by atoms with E-state index in [1.165, 1.54) is 4.31 Å². The molecule has 1 saturated heterocycles. The third-order valence-corrected chi connectivity index (χ3v) is 6.67. The Morgan fingerprint density at radius 1 is 1.25 bits per heavy atom. The SMILES string of the molecule is CC1=C(F)C2CN(S(=O)(=O)c3ccc(C)cc3)CC12C. The molecule has 1 heterocycles. The predicted octanol–water partition coefficient (Wildman–Crippen LogP) is 2.88. The average molecular weight is 295 g/mol. The van der Waals surface area contributed by atoms with Crippen LogP contribution in [0.3, 0.4) is 0 Å². The Bertz CT molecular complexity index is 693. The molecule has 1 aromatic carbocycles. The average Bonchev–Trinajstić information content (AvgIpc) is 2.74. The minimum Gasteiger partial charge on any atom is -0.211 e. The Labute approximate surface area is 119 Å². The maximum atomic E-state index is 13.8. The molecule has 0 radical (unpaired) electrons. The van der Waals surface area contributed by atoms with Crippen molar-refractivity contribution in [2.24, 2.45) is 11.3 Å². The van der Waals surface area contributed by atoms with Crippen molar-refractivity contribution in [3.63, 3.8) is 0 Å². The summed E-state index contributed by atoms with van der Waals surface area (Å²) in [5.41, 5.74) is 1.38. The van der Waals surface area contributed by atoms with Crippen LogP contribution in [0.4, 0.5) is 4.39 Å². The van der Waals surface area contributed by atoms with Gasteiger partial charge < -0.3 is 0 Å². The number of aryl methyl sites for hydroxylation is 1. The molecular weight excluding hydrogens is 277 g/mol. The summed E-state index contributed by atoms with van der Waals surface area (Å²) in [6.07, 6.45) is 0. The first kappa shape index (κ1) is 13.8. The van der Waals surface area contributed by atoms with Gasteiger partial charge >= 0.3 is 0 Å². The van der Waals surface area contributed by atoms with E-state index in [1.807, 2.05) is 13.8 Å². The van der Waals surface area contributed by atoms with Gasteiger partial charge in [-0.05, 0) is 31.6 Å². The van der Waals surface area contributed by atoms with E-state index in [1.54, 1.807) is 31.2 Å². The lowest BCUT2D eigenvalue weighted by Gasteiger charge is -2.40.